The lowest BCUT2D eigenvalue weighted by molar-refractivity contribution is 0.185. The summed E-state index contributed by atoms with van der Waals surface area (Å²) in [7, 11) is 1.72. The van der Waals surface area contributed by atoms with Crippen molar-refractivity contribution < 1.29 is 4.74 Å². The van der Waals surface area contributed by atoms with Crippen LogP contribution in [0.3, 0.4) is 0 Å². The predicted octanol–water partition coefficient (Wildman–Crippen LogP) is 3.52. The minimum atomic E-state index is 0.634. The minimum Gasteiger partial charge on any atom is -0.380 e. The van der Waals surface area contributed by atoms with Gasteiger partial charge in [0.25, 0.3) is 0 Å². The topological polar surface area (TPSA) is 45.7 Å². The fourth-order valence-electron chi connectivity index (χ4n) is 2.64. The fraction of sp³-hybridized carbons (Fsp3) is 0.381. The maximum absolute atomic E-state index is 5.19. The molecule has 2 aromatic rings. The molecule has 0 aromatic heterocycles. The molecule has 0 aliphatic rings. The quantitative estimate of drug-likeness (QED) is 0.417. The van der Waals surface area contributed by atoms with E-state index in [0.29, 0.717) is 13.2 Å². The molecule has 0 unspecified atom stereocenters. The number of nitrogens with zero attached hydrogens (tertiary/aromatic N) is 1. The molecule has 0 saturated heterocycles. The Balaban J connectivity index is 1.82. The second kappa shape index (κ2) is 11.3. The number of rotatable bonds is 9. The molecule has 0 bridgehead atoms. The zero-order valence-electron chi connectivity index (χ0n) is 15.3. The fourth-order valence-corrected chi connectivity index (χ4v) is 2.64. The highest BCUT2D eigenvalue weighted by Crippen LogP contribution is 2.07. The second-order valence-electron chi connectivity index (χ2n) is 5.96. The molecule has 25 heavy (non-hydrogen) atoms. The molecule has 0 atom stereocenters. The summed E-state index contributed by atoms with van der Waals surface area (Å²) in [6.45, 7) is 5.14. The Morgan fingerprint density at radius 1 is 0.960 bits per heavy atom. The summed E-state index contributed by atoms with van der Waals surface area (Å²) in [6.07, 6.45) is 2.16. The maximum Gasteiger partial charge on any atom is 0.191 e. The number of methoxy groups -OCH3 is 1. The van der Waals surface area contributed by atoms with Crippen LogP contribution >= 0.6 is 0 Å². The highest BCUT2D eigenvalue weighted by Gasteiger charge is 1.99. The van der Waals surface area contributed by atoms with Crippen LogP contribution in [0.25, 0.3) is 0 Å². The van der Waals surface area contributed by atoms with Crippen molar-refractivity contribution in [2.24, 2.45) is 4.99 Å². The zero-order chi connectivity index (χ0) is 17.7. The smallest absolute Gasteiger partial charge is 0.191 e. The molecule has 134 valence electrons. The van der Waals surface area contributed by atoms with Crippen molar-refractivity contribution >= 4 is 5.96 Å². The summed E-state index contributed by atoms with van der Waals surface area (Å²) in [6, 6.07) is 19.0. The summed E-state index contributed by atoms with van der Waals surface area (Å²) < 4.78 is 5.19. The normalized spacial score (nSPS) is 11.4. The summed E-state index contributed by atoms with van der Waals surface area (Å²) >= 11 is 0. The SMILES string of the molecule is CCNC(=NCc1cccc(COC)c1)NCCCc1ccccc1. The van der Waals surface area contributed by atoms with Crippen molar-refractivity contribution in [3.63, 3.8) is 0 Å². The Kier molecular flexibility index (Phi) is 8.56. The van der Waals surface area contributed by atoms with Gasteiger partial charge in [-0.2, -0.15) is 0 Å². The molecule has 4 nitrogen and oxygen atoms in total. The van der Waals surface area contributed by atoms with Gasteiger partial charge in [0.1, 0.15) is 0 Å². The van der Waals surface area contributed by atoms with Crippen molar-refractivity contribution in [2.45, 2.75) is 32.9 Å². The molecule has 2 aromatic carbocycles. The number of nitrogens with one attached hydrogen (secondary N) is 2. The van der Waals surface area contributed by atoms with Crippen LogP contribution in [0.4, 0.5) is 0 Å². The first-order valence-electron chi connectivity index (χ1n) is 8.94. The number of ether oxygens (including phenoxy) is 1. The van der Waals surface area contributed by atoms with Gasteiger partial charge in [-0.3, -0.25) is 0 Å². The van der Waals surface area contributed by atoms with E-state index in [4.69, 9.17) is 4.74 Å². The van der Waals surface area contributed by atoms with Crippen LogP contribution < -0.4 is 10.6 Å². The van der Waals surface area contributed by atoms with E-state index in [0.717, 1.165) is 31.9 Å². The Hall–Kier alpha value is -2.33. The molecular formula is C21H29N3O. The van der Waals surface area contributed by atoms with Gasteiger partial charge in [-0.1, -0.05) is 54.6 Å². The number of aliphatic imine (C=N–C) groups is 1. The molecule has 0 radical (unpaired) electrons. The average Bonchev–Trinajstić information content (AvgIpc) is 2.64. The van der Waals surface area contributed by atoms with Gasteiger partial charge in [0.05, 0.1) is 13.2 Å². The largest absolute Gasteiger partial charge is 0.380 e. The van der Waals surface area contributed by atoms with Crippen LogP contribution in [0.1, 0.15) is 30.0 Å². The third-order valence-electron chi connectivity index (χ3n) is 3.84. The van der Waals surface area contributed by atoms with Crippen molar-refractivity contribution in [1.82, 2.24) is 10.6 Å². The number of guanidine groups is 1. The van der Waals surface area contributed by atoms with Gasteiger partial charge in [0.2, 0.25) is 0 Å². The molecule has 0 amide bonds. The third kappa shape index (κ3) is 7.40. The highest BCUT2D eigenvalue weighted by atomic mass is 16.5. The number of hydrogen-bond donors (Lipinski definition) is 2. The molecule has 0 fully saturated rings. The third-order valence-corrected chi connectivity index (χ3v) is 3.84. The van der Waals surface area contributed by atoms with Crippen molar-refractivity contribution in [3.05, 3.63) is 71.3 Å². The van der Waals surface area contributed by atoms with Gasteiger partial charge < -0.3 is 15.4 Å². The number of aryl methyl sites for hydroxylation is 1. The van der Waals surface area contributed by atoms with Crippen LogP contribution in [0.15, 0.2) is 59.6 Å². The van der Waals surface area contributed by atoms with Crippen LogP contribution in [0.2, 0.25) is 0 Å². The first kappa shape index (κ1) is 19.0. The minimum absolute atomic E-state index is 0.634. The summed E-state index contributed by atoms with van der Waals surface area (Å²) in [5.41, 5.74) is 3.74. The lowest BCUT2D eigenvalue weighted by Gasteiger charge is -2.11. The van der Waals surface area contributed by atoms with E-state index in [1.165, 1.54) is 16.7 Å². The van der Waals surface area contributed by atoms with E-state index in [1.54, 1.807) is 7.11 Å². The van der Waals surface area contributed by atoms with Gasteiger partial charge in [0, 0.05) is 20.2 Å². The Labute approximate surface area is 151 Å². The van der Waals surface area contributed by atoms with E-state index in [9.17, 15) is 0 Å². The Morgan fingerprint density at radius 3 is 2.48 bits per heavy atom. The van der Waals surface area contributed by atoms with E-state index in [1.807, 2.05) is 0 Å². The first-order valence-corrected chi connectivity index (χ1v) is 8.94. The van der Waals surface area contributed by atoms with Crippen molar-refractivity contribution in [1.29, 1.82) is 0 Å². The highest BCUT2D eigenvalue weighted by molar-refractivity contribution is 5.79. The average molecular weight is 339 g/mol. The molecule has 0 spiro atoms. The van der Waals surface area contributed by atoms with Crippen LogP contribution in [-0.2, 0) is 24.3 Å². The molecule has 0 aliphatic carbocycles. The summed E-state index contributed by atoms with van der Waals surface area (Å²) in [5, 5.41) is 6.72. The van der Waals surface area contributed by atoms with Gasteiger partial charge in [0.15, 0.2) is 5.96 Å². The van der Waals surface area contributed by atoms with Crippen molar-refractivity contribution in [2.75, 3.05) is 20.2 Å². The lowest BCUT2D eigenvalue weighted by atomic mass is 10.1. The van der Waals surface area contributed by atoms with E-state index in [2.05, 4.69) is 77.1 Å². The standard InChI is InChI=1S/C21H29N3O/c1-3-22-21(23-14-8-13-18-9-5-4-6-10-18)24-16-19-11-7-12-20(15-19)17-25-2/h4-7,9-12,15H,3,8,13-14,16-17H2,1-2H3,(H2,22,23,24). The van der Waals surface area contributed by atoms with Crippen LogP contribution in [-0.4, -0.2) is 26.2 Å². The van der Waals surface area contributed by atoms with Gasteiger partial charge in [-0.05, 0) is 36.5 Å². The number of benzene rings is 2. The van der Waals surface area contributed by atoms with Crippen molar-refractivity contribution in [3.8, 4) is 0 Å². The molecular weight excluding hydrogens is 310 g/mol. The molecule has 0 heterocycles. The zero-order valence-corrected chi connectivity index (χ0v) is 15.3. The molecule has 2 rings (SSSR count). The van der Waals surface area contributed by atoms with E-state index < -0.39 is 0 Å². The molecule has 0 aliphatic heterocycles. The van der Waals surface area contributed by atoms with Crippen LogP contribution in [0, 0.1) is 0 Å². The van der Waals surface area contributed by atoms with Crippen LogP contribution in [0.5, 0.6) is 0 Å². The van der Waals surface area contributed by atoms with Gasteiger partial charge >= 0.3 is 0 Å². The monoisotopic (exact) mass is 339 g/mol. The summed E-state index contributed by atoms with van der Waals surface area (Å²) in [4.78, 5) is 4.68. The van der Waals surface area contributed by atoms with Gasteiger partial charge in [-0.15, -0.1) is 0 Å². The Morgan fingerprint density at radius 2 is 1.72 bits per heavy atom. The summed E-state index contributed by atoms with van der Waals surface area (Å²) in [5.74, 6) is 0.868. The molecule has 4 heteroatoms. The number of hydrogen-bond acceptors (Lipinski definition) is 2. The first-order chi connectivity index (χ1) is 12.3. The second-order valence-corrected chi connectivity index (χ2v) is 5.96. The van der Waals surface area contributed by atoms with E-state index in [-0.39, 0.29) is 0 Å². The van der Waals surface area contributed by atoms with E-state index >= 15 is 0 Å². The maximum atomic E-state index is 5.19. The lowest BCUT2D eigenvalue weighted by Crippen LogP contribution is -2.37. The molecule has 2 N–H and O–H groups in total. The molecule has 0 saturated carbocycles. The predicted molar refractivity (Wildman–Crippen MR) is 105 cm³/mol. The Bertz CT molecular complexity index is 641. The van der Waals surface area contributed by atoms with Gasteiger partial charge in [-0.25, -0.2) is 4.99 Å².